The summed E-state index contributed by atoms with van der Waals surface area (Å²) in [5, 5.41) is 8.68. The first-order chi connectivity index (χ1) is 7.45. The molecule has 0 bridgehead atoms. The molecule has 0 atom stereocenters. The van der Waals surface area contributed by atoms with Gasteiger partial charge in [0.1, 0.15) is 9.22 Å². The van der Waals surface area contributed by atoms with E-state index in [0.717, 1.165) is 20.7 Å². The normalized spacial score (nSPS) is 11.9. The first-order valence-corrected chi connectivity index (χ1v) is 8.43. The highest BCUT2D eigenvalue weighted by molar-refractivity contribution is 8.03. The number of hydrogen-bond acceptors (Lipinski definition) is 8. The van der Waals surface area contributed by atoms with E-state index in [1.54, 1.807) is 0 Å². The summed E-state index contributed by atoms with van der Waals surface area (Å²) in [6.07, 6.45) is 2.54. The van der Waals surface area contributed by atoms with Crippen LogP contribution in [0, 0.1) is 6.92 Å². The molecule has 0 aliphatic rings. The van der Waals surface area contributed by atoms with Crippen LogP contribution in [0.2, 0.25) is 0 Å². The summed E-state index contributed by atoms with van der Waals surface area (Å²) in [5.74, 6) is 0. The Morgan fingerprint density at radius 1 is 1.25 bits per heavy atom. The summed E-state index contributed by atoms with van der Waals surface area (Å²) >= 11 is 3.94. The first-order valence-electron chi connectivity index (χ1n) is 4.09. The molecule has 0 amide bonds. The Kier molecular flexibility index (Phi) is 3.29. The molecule has 0 saturated carbocycles. The number of sulfone groups is 1. The molecule has 0 aliphatic heterocycles. The smallest absolute Gasteiger partial charge is 0.186 e. The molecular formula is C7H7N3O2S4. The highest BCUT2D eigenvalue weighted by Crippen LogP contribution is 2.33. The van der Waals surface area contributed by atoms with Gasteiger partial charge >= 0.3 is 0 Å². The van der Waals surface area contributed by atoms with Crippen molar-refractivity contribution in [2.24, 2.45) is 0 Å². The molecule has 86 valence electrons. The number of rotatable bonds is 3. The Morgan fingerprint density at radius 3 is 2.50 bits per heavy atom. The van der Waals surface area contributed by atoms with Gasteiger partial charge in [-0.05, 0) is 18.7 Å². The van der Waals surface area contributed by atoms with Crippen LogP contribution in [0.15, 0.2) is 19.1 Å². The van der Waals surface area contributed by atoms with E-state index in [1.165, 1.54) is 35.6 Å². The van der Waals surface area contributed by atoms with Crippen molar-refractivity contribution in [3.63, 3.8) is 0 Å². The van der Waals surface area contributed by atoms with Gasteiger partial charge in [0.25, 0.3) is 0 Å². The van der Waals surface area contributed by atoms with E-state index in [4.69, 9.17) is 0 Å². The molecule has 5 nitrogen and oxygen atoms in total. The third kappa shape index (κ3) is 2.78. The zero-order chi connectivity index (χ0) is 11.8. The summed E-state index contributed by atoms with van der Waals surface area (Å²) in [6.45, 7) is 1.87. The van der Waals surface area contributed by atoms with Crippen molar-refractivity contribution in [1.82, 2.24) is 15.2 Å². The second kappa shape index (κ2) is 4.40. The summed E-state index contributed by atoms with van der Waals surface area (Å²) < 4.78 is 24.2. The molecule has 0 spiro atoms. The highest BCUT2D eigenvalue weighted by atomic mass is 32.2. The highest BCUT2D eigenvalue weighted by Gasteiger charge is 2.13. The van der Waals surface area contributed by atoms with E-state index in [9.17, 15) is 8.42 Å². The van der Waals surface area contributed by atoms with Crippen LogP contribution < -0.4 is 0 Å². The van der Waals surface area contributed by atoms with Crippen LogP contribution in [-0.2, 0) is 9.84 Å². The van der Waals surface area contributed by atoms with E-state index in [2.05, 4.69) is 15.2 Å². The summed E-state index contributed by atoms with van der Waals surface area (Å²) in [7, 11) is -3.16. The van der Waals surface area contributed by atoms with Crippen LogP contribution >= 0.6 is 34.4 Å². The van der Waals surface area contributed by atoms with Gasteiger partial charge in [-0.2, -0.15) is 0 Å². The molecule has 2 rings (SSSR count). The average molecular weight is 293 g/mol. The van der Waals surface area contributed by atoms with Gasteiger partial charge in [0.05, 0.1) is 6.20 Å². The van der Waals surface area contributed by atoms with Gasteiger partial charge in [-0.25, -0.2) is 13.4 Å². The van der Waals surface area contributed by atoms with Crippen molar-refractivity contribution < 1.29 is 8.42 Å². The van der Waals surface area contributed by atoms with Crippen LogP contribution in [0.25, 0.3) is 0 Å². The Balaban J connectivity index is 2.21. The fourth-order valence-electron chi connectivity index (χ4n) is 0.857. The lowest BCUT2D eigenvalue weighted by atomic mass is 10.9. The van der Waals surface area contributed by atoms with Crippen LogP contribution in [0.5, 0.6) is 0 Å². The Bertz CT molecular complexity index is 601. The van der Waals surface area contributed by atoms with Gasteiger partial charge in [0.15, 0.2) is 18.5 Å². The van der Waals surface area contributed by atoms with Crippen LogP contribution in [-0.4, -0.2) is 29.9 Å². The van der Waals surface area contributed by atoms with Crippen molar-refractivity contribution >= 4 is 44.3 Å². The first kappa shape index (κ1) is 12.0. The Morgan fingerprint density at radius 2 is 2.00 bits per heavy atom. The molecule has 0 saturated heterocycles. The third-order valence-corrected chi connectivity index (χ3v) is 6.26. The summed E-state index contributed by atoms with van der Waals surface area (Å²) in [4.78, 5) is 4.03. The molecule has 0 aromatic carbocycles. The van der Waals surface area contributed by atoms with Crippen LogP contribution in [0.4, 0.5) is 0 Å². The maximum absolute atomic E-state index is 11.2. The lowest BCUT2D eigenvalue weighted by molar-refractivity contribution is 0.603. The molecule has 2 aromatic heterocycles. The molecule has 16 heavy (non-hydrogen) atoms. The number of hydrogen-bond donors (Lipinski definition) is 0. The average Bonchev–Trinajstić information content (AvgIpc) is 2.74. The summed E-state index contributed by atoms with van der Waals surface area (Å²) in [5.41, 5.74) is 0. The van der Waals surface area contributed by atoms with Crippen molar-refractivity contribution in [2.45, 2.75) is 19.8 Å². The predicted molar refractivity (Wildman–Crippen MR) is 64.0 cm³/mol. The zero-order valence-corrected chi connectivity index (χ0v) is 11.6. The molecule has 0 radical (unpaired) electrons. The van der Waals surface area contributed by atoms with Gasteiger partial charge in [-0.1, -0.05) is 22.7 Å². The van der Waals surface area contributed by atoms with Gasteiger partial charge < -0.3 is 0 Å². The van der Waals surface area contributed by atoms with E-state index in [0.29, 0.717) is 4.34 Å². The minimum Gasteiger partial charge on any atom is -0.236 e. The van der Waals surface area contributed by atoms with E-state index >= 15 is 0 Å². The minimum absolute atomic E-state index is 0.274. The molecule has 2 heterocycles. The van der Waals surface area contributed by atoms with Crippen LogP contribution in [0.1, 0.15) is 5.01 Å². The van der Waals surface area contributed by atoms with Gasteiger partial charge in [0, 0.05) is 6.26 Å². The Labute approximate surface area is 105 Å². The largest absolute Gasteiger partial charge is 0.236 e. The van der Waals surface area contributed by atoms with Crippen molar-refractivity contribution in [2.75, 3.05) is 6.26 Å². The Hall–Kier alpha value is -0.510. The van der Waals surface area contributed by atoms with Crippen LogP contribution in [0.3, 0.4) is 0 Å². The molecule has 0 fully saturated rings. The van der Waals surface area contributed by atoms with E-state index in [1.807, 2.05) is 6.92 Å². The zero-order valence-electron chi connectivity index (χ0n) is 8.37. The van der Waals surface area contributed by atoms with E-state index in [-0.39, 0.29) is 4.21 Å². The minimum atomic E-state index is -3.16. The monoisotopic (exact) mass is 293 g/mol. The van der Waals surface area contributed by atoms with E-state index < -0.39 is 9.84 Å². The second-order valence-corrected chi connectivity index (χ2v) is 8.86. The van der Waals surface area contributed by atoms with Crippen molar-refractivity contribution in [3.05, 3.63) is 11.2 Å². The number of nitrogens with zero attached hydrogens (tertiary/aromatic N) is 3. The molecule has 0 N–H and O–H groups in total. The number of thiazole rings is 1. The maximum atomic E-state index is 11.2. The molecule has 0 aliphatic carbocycles. The second-order valence-electron chi connectivity index (χ2n) is 2.91. The van der Waals surface area contributed by atoms with Crippen molar-refractivity contribution in [1.29, 1.82) is 0 Å². The molecule has 9 heteroatoms. The SMILES string of the molecule is Cc1nnc(Sc2ncc(S(C)(=O)=O)s2)s1. The topological polar surface area (TPSA) is 72.8 Å². The van der Waals surface area contributed by atoms with Crippen molar-refractivity contribution in [3.8, 4) is 0 Å². The fraction of sp³-hybridized carbons (Fsp3) is 0.286. The number of aryl methyl sites for hydroxylation is 1. The molecule has 2 aromatic rings. The number of aromatic nitrogens is 3. The molecular weight excluding hydrogens is 286 g/mol. The van der Waals surface area contributed by atoms with Gasteiger partial charge in [-0.3, -0.25) is 0 Å². The third-order valence-electron chi connectivity index (χ3n) is 1.51. The standard InChI is InChI=1S/C7H7N3O2S4/c1-4-9-10-7(13-4)15-6-8-3-5(14-6)16(2,11)12/h3H,1-2H3. The molecule has 0 unspecified atom stereocenters. The predicted octanol–water partition coefficient (Wildman–Crippen LogP) is 1.86. The van der Waals surface area contributed by atoms with Gasteiger partial charge in [-0.15, -0.1) is 10.2 Å². The lowest BCUT2D eigenvalue weighted by Crippen LogP contribution is -1.91. The fourth-order valence-corrected chi connectivity index (χ4v) is 4.83. The maximum Gasteiger partial charge on any atom is 0.186 e. The quantitative estimate of drug-likeness (QED) is 0.860. The lowest BCUT2D eigenvalue weighted by Gasteiger charge is -1.88. The summed E-state index contributed by atoms with van der Waals surface area (Å²) in [6, 6.07) is 0. The van der Waals surface area contributed by atoms with Gasteiger partial charge in [0.2, 0.25) is 0 Å².